The van der Waals surface area contributed by atoms with E-state index in [-0.39, 0.29) is 20.6 Å². The summed E-state index contributed by atoms with van der Waals surface area (Å²) in [6.45, 7) is 0. The summed E-state index contributed by atoms with van der Waals surface area (Å²) in [6, 6.07) is 10.7. The maximum absolute atomic E-state index is 12.2. The summed E-state index contributed by atoms with van der Waals surface area (Å²) in [7, 11) is -2.25. The van der Waals surface area contributed by atoms with Crippen LogP contribution in [0.4, 0.5) is 5.69 Å². The highest BCUT2D eigenvalue weighted by Crippen LogP contribution is 2.31. The van der Waals surface area contributed by atoms with E-state index >= 15 is 0 Å². The Kier molecular flexibility index (Phi) is 4.42. The Hall–Kier alpha value is -1.43. The first-order chi connectivity index (χ1) is 9.44. The Morgan fingerprint density at radius 2 is 1.55 bits per heavy atom. The van der Waals surface area contributed by atoms with E-state index in [1.54, 1.807) is 30.3 Å². The molecule has 0 aliphatic carbocycles. The predicted molar refractivity (Wildman–Crippen MR) is 80.3 cm³/mol. The molecule has 0 spiro atoms. The van der Waals surface area contributed by atoms with Gasteiger partial charge in [-0.3, -0.25) is 4.72 Å². The number of nitrogens with one attached hydrogen (secondary N) is 1. The quantitative estimate of drug-likeness (QED) is 0.926. The zero-order valence-corrected chi connectivity index (χ0v) is 12.8. The van der Waals surface area contributed by atoms with Gasteiger partial charge >= 0.3 is 0 Å². The molecule has 4 nitrogen and oxygen atoms in total. The van der Waals surface area contributed by atoms with E-state index < -0.39 is 10.0 Å². The molecule has 0 fully saturated rings. The smallest absolute Gasteiger partial charge is 0.261 e. The minimum Gasteiger partial charge on any atom is -0.497 e. The van der Waals surface area contributed by atoms with Gasteiger partial charge in [0, 0.05) is 0 Å². The van der Waals surface area contributed by atoms with Gasteiger partial charge in [-0.25, -0.2) is 8.42 Å². The van der Waals surface area contributed by atoms with Crippen LogP contribution in [-0.2, 0) is 10.0 Å². The standard InChI is InChI=1S/C13H11Cl2NO3S/c1-19-9-5-7-10(8-6-9)20(17,18)16-13-11(14)3-2-4-12(13)15/h2-8,16H,1H3. The molecule has 0 unspecified atom stereocenters. The van der Waals surface area contributed by atoms with Gasteiger partial charge in [0.2, 0.25) is 0 Å². The third kappa shape index (κ3) is 3.17. The SMILES string of the molecule is COc1ccc(S(=O)(=O)Nc2c(Cl)cccc2Cl)cc1. The first-order valence-electron chi connectivity index (χ1n) is 5.55. The lowest BCUT2D eigenvalue weighted by molar-refractivity contribution is 0.414. The molecule has 0 heterocycles. The number of sulfonamides is 1. The molecule has 2 aromatic carbocycles. The van der Waals surface area contributed by atoms with E-state index in [9.17, 15) is 8.42 Å². The van der Waals surface area contributed by atoms with Crippen LogP contribution >= 0.6 is 23.2 Å². The molecule has 0 atom stereocenters. The third-order valence-corrected chi connectivity index (χ3v) is 4.56. The topological polar surface area (TPSA) is 55.4 Å². The van der Waals surface area contributed by atoms with Gasteiger partial charge in [0.1, 0.15) is 5.75 Å². The summed E-state index contributed by atoms with van der Waals surface area (Å²) >= 11 is 11.9. The second-order valence-electron chi connectivity index (χ2n) is 3.88. The van der Waals surface area contributed by atoms with Crippen LogP contribution in [0.2, 0.25) is 10.0 Å². The molecule has 0 saturated heterocycles. The molecule has 106 valence electrons. The van der Waals surface area contributed by atoms with Crippen molar-refractivity contribution in [2.75, 3.05) is 11.8 Å². The number of hydrogen-bond donors (Lipinski definition) is 1. The Balaban J connectivity index is 2.35. The lowest BCUT2D eigenvalue weighted by atomic mass is 10.3. The first kappa shape index (κ1) is 15.0. The molecule has 0 bridgehead atoms. The van der Waals surface area contributed by atoms with E-state index in [0.717, 1.165) is 0 Å². The van der Waals surface area contributed by atoms with E-state index in [4.69, 9.17) is 27.9 Å². The Morgan fingerprint density at radius 1 is 1.00 bits per heavy atom. The summed E-state index contributed by atoms with van der Waals surface area (Å²) in [5.41, 5.74) is 0.159. The summed E-state index contributed by atoms with van der Waals surface area (Å²) in [6.07, 6.45) is 0. The van der Waals surface area contributed by atoms with Gasteiger partial charge in [-0.05, 0) is 36.4 Å². The number of halogens is 2. The number of para-hydroxylation sites is 1. The molecular formula is C13H11Cl2NO3S. The molecule has 0 aliphatic heterocycles. The van der Waals surface area contributed by atoms with Crippen LogP contribution in [0, 0.1) is 0 Å². The molecule has 2 aromatic rings. The second kappa shape index (κ2) is 5.91. The fourth-order valence-electron chi connectivity index (χ4n) is 1.54. The molecule has 0 aliphatic rings. The van der Waals surface area contributed by atoms with Gasteiger partial charge in [0.05, 0.1) is 27.7 Å². The molecule has 7 heteroatoms. The summed E-state index contributed by atoms with van der Waals surface area (Å²) in [4.78, 5) is 0.0919. The van der Waals surface area contributed by atoms with Crippen LogP contribution in [0.5, 0.6) is 5.75 Å². The molecule has 20 heavy (non-hydrogen) atoms. The normalized spacial score (nSPS) is 11.2. The monoisotopic (exact) mass is 331 g/mol. The maximum atomic E-state index is 12.2. The highest BCUT2D eigenvalue weighted by atomic mass is 35.5. The lowest BCUT2D eigenvalue weighted by Crippen LogP contribution is -2.13. The summed E-state index contributed by atoms with van der Waals surface area (Å²) in [5.74, 6) is 0.569. The van der Waals surface area contributed by atoms with Crippen molar-refractivity contribution >= 4 is 38.9 Å². The Bertz CT molecular complexity index is 695. The predicted octanol–water partition coefficient (Wildman–Crippen LogP) is 3.80. The van der Waals surface area contributed by atoms with Crippen molar-refractivity contribution < 1.29 is 13.2 Å². The minimum atomic E-state index is -3.76. The molecular weight excluding hydrogens is 321 g/mol. The average molecular weight is 332 g/mol. The van der Waals surface area contributed by atoms with Crippen molar-refractivity contribution in [2.24, 2.45) is 0 Å². The second-order valence-corrected chi connectivity index (χ2v) is 6.37. The van der Waals surface area contributed by atoms with Crippen molar-refractivity contribution in [1.82, 2.24) is 0 Å². The van der Waals surface area contributed by atoms with Gasteiger partial charge in [0.25, 0.3) is 10.0 Å². The largest absolute Gasteiger partial charge is 0.497 e. The van der Waals surface area contributed by atoms with Crippen LogP contribution in [-0.4, -0.2) is 15.5 Å². The maximum Gasteiger partial charge on any atom is 0.261 e. The van der Waals surface area contributed by atoms with Crippen molar-refractivity contribution in [2.45, 2.75) is 4.90 Å². The molecule has 0 radical (unpaired) electrons. The summed E-state index contributed by atoms with van der Waals surface area (Å²) in [5, 5.41) is 0.462. The lowest BCUT2D eigenvalue weighted by Gasteiger charge is -2.11. The minimum absolute atomic E-state index is 0.0919. The van der Waals surface area contributed by atoms with Gasteiger partial charge in [-0.1, -0.05) is 29.3 Å². The van der Waals surface area contributed by atoms with Gasteiger partial charge in [0.15, 0.2) is 0 Å². The van der Waals surface area contributed by atoms with Crippen molar-refractivity contribution in [1.29, 1.82) is 0 Å². The molecule has 1 N–H and O–H groups in total. The highest BCUT2D eigenvalue weighted by molar-refractivity contribution is 7.92. The number of hydrogen-bond acceptors (Lipinski definition) is 3. The third-order valence-electron chi connectivity index (χ3n) is 2.57. The first-order valence-corrected chi connectivity index (χ1v) is 7.79. The summed E-state index contributed by atoms with van der Waals surface area (Å²) < 4.78 is 31.8. The van der Waals surface area contributed by atoms with Crippen LogP contribution in [0.15, 0.2) is 47.4 Å². The van der Waals surface area contributed by atoms with Crippen molar-refractivity contribution in [3.05, 3.63) is 52.5 Å². The number of benzene rings is 2. The molecule has 0 aromatic heterocycles. The fraction of sp³-hybridized carbons (Fsp3) is 0.0769. The van der Waals surface area contributed by atoms with E-state index in [1.165, 1.54) is 19.2 Å². The Morgan fingerprint density at radius 3 is 2.05 bits per heavy atom. The van der Waals surface area contributed by atoms with E-state index in [2.05, 4.69) is 4.72 Å². The zero-order valence-electron chi connectivity index (χ0n) is 10.4. The average Bonchev–Trinajstić information content (AvgIpc) is 2.43. The van der Waals surface area contributed by atoms with Gasteiger partial charge < -0.3 is 4.74 Å². The number of rotatable bonds is 4. The van der Waals surface area contributed by atoms with Crippen LogP contribution in [0.3, 0.4) is 0 Å². The zero-order chi connectivity index (χ0) is 14.8. The van der Waals surface area contributed by atoms with Crippen molar-refractivity contribution in [3.63, 3.8) is 0 Å². The van der Waals surface area contributed by atoms with Crippen molar-refractivity contribution in [3.8, 4) is 5.75 Å². The molecule has 0 saturated carbocycles. The van der Waals surface area contributed by atoms with E-state index in [0.29, 0.717) is 5.75 Å². The van der Waals surface area contributed by atoms with Gasteiger partial charge in [-0.2, -0.15) is 0 Å². The van der Waals surface area contributed by atoms with E-state index in [1.807, 2.05) is 0 Å². The molecule has 0 amide bonds. The van der Waals surface area contributed by atoms with Crippen LogP contribution in [0.1, 0.15) is 0 Å². The van der Waals surface area contributed by atoms with Crippen LogP contribution < -0.4 is 9.46 Å². The fourth-order valence-corrected chi connectivity index (χ4v) is 3.25. The molecule has 2 rings (SSSR count). The number of anilines is 1. The Labute approximate surface area is 127 Å². The number of ether oxygens (including phenoxy) is 1. The highest BCUT2D eigenvalue weighted by Gasteiger charge is 2.17. The number of methoxy groups -OCH3 is 1. The van der Waals surface area contributed by atoms with Crippen LogP contribution in [0.25, 0.3) is 0 Å². The van der Waals surface area contributed by atoms with Gasteiger partial charge in [-0.15, -0.1) is 0 Å².